The molecule has 0 N–H and O–H groups in total. The maximum Gasteiger partial charge on any atom is 0.192 e. The Kier molecular flexibility index (Phi) is 8.12. The van der Waals surface area contributed by atoms with Gasteiger partial charge in [0.25, 0.3) is 0 Å². The van der Waals surface area contributed by atoms with Gasteiger partial charge in [0.15, 0.2) is 8.32 Å². The first-order valence-electron chi connectivity index (χ1n) is 6.70. The van der Waals surface area contributed by atoms with E-state index in [2.05, 4.69) is 46.0 Å². The fraction of sp³-hybridized carbons (Fsp3) is 0.667. The molecule has 0 spiro atoms. The summed E-state index contributed by atoms with van der Waals surface area (Å²) >= 11 is 0. The number of rotatable bonds is 8. The zero-order valence-electron chi connectivity index (χ0n) is 12.5. The molecule has 0 aromatic heterocycles. The molecule has 0 saturated carbocycles. The van der Waals surface area contributed by atoms with Gasteiger partial charge in [0.05, 0.1) is 6.61 Å². The number of unbranched alkanes of at least 4 members (excludes halogenated alkanes) is 2. The van der Waals surface area contributed by atoms with Crippen molar-refractivity contribution in [3.8, 4) is 0 Å². The minimum absolute atomic E-state index is 0.278. The van der Waals surface area contributed by atoms with E-state index in [4.69, 9.17) is 4.43 Å². The fourth-order valence-corrected chi connectivity index (χ4v) is 2.11. The lowest BCUT2D eigenvalue weighted by Gasteiger charge is -2.35. The summed E-state index contributed by atoms with van der Waals surface area (Å²) in [5, 5.41) is 0.278. The molecular formula is C15H28O2Si. The predicted molar refractivity (Wildman–Crippen MR) is 81.3 cm³/mol. The summed E-state index contributed by atoms with van der Waals surface area (Å²) in [6.07, 6.45) is 11.7. The lowest BCUT2D eigenvalue weighted by molar-refractivity contribution is -0.104. The highest BCUT2D eigenvalue weighted by molar-refractivity contribution is 6.74. The second-order valence-electron chi connectivity index (χ2n) is 6.04. The van der Waals surface area contributed by atoms with E-state index in [9.17, 15) is 4.79 Å². The minimum atomic E-state index is -1.59. The van der Waals surface area contributed by atoms with Crippen LogP contribution in [0.25, 0.3) is 0 Å². The Morgan fingerprint density at radius 1 is 1.06 bits per heavy atom. The van der Waals surface area contributed by atoms with Crippen molar-refractivity contribution in [1.29, 1.82) is 0 Å². The molecule has 0 aliphatic rings. The zero-order valence-corrected chi connectivity index (χ0v) is 13.5. The third-order valence-corrected chi connectivity index (χ3v) is 7.97. The van der Waals surface area contributed by atoms with Crippen LogP contribution in [0.3, 0.4) is 0 Å². The van der Waals surface area contributed by atoms with E-state index >= 15 is 0 Å². The van der Waals surface area contributed by atoms with E-state index in [-0.39, 0.29) is 5.04 Å². The highest BCUT2D eigenvalue weighted by Gasteiger charge is 2.36. The van der Waals surface area contributed by atoms with Gasteiger partial charge in [0.2, 0.25) is 0 Å². The molecule has 0 radical (unpaired) electrons. The molecule has 0 atom stereocenters. The molecule has 0 aromatic carbocycles. The van der Waals surface area contributed by atoms with Crippen LogP contribution in [0, 0.1) is 0 Å². The normalized spacial score (nSPS) is 13.6. The van der Waals surface area contributed by atoms with Crippen molar-refractivity contribution in [2.24, 2.45) is 0 Å². The summed E-state index contributed by atoms with van der Waals surface area (Å²) in [5.74, 6) is 0. The van der Waals surface area contributed by atoms with Gasteiger partial charge >= 0.3 is 0 Å². The summed E-state index contributed by atoms with van der Waals surface area (Å²) in [5.41, 5.74) is 0. The summed E-state index contributed by atoms with van der Waals surface area (Å²) in [4.78, 5) is 10.0. The first kappa shape index (κ1) is 17.3. The number of hydrogen-bond acceptors (Lipinski definition) is 2. The summed E-state index contributed by atoms with van der Waals surface area (Å²) in [6, 6.07) is 0. The van der Waals surface area contributed by atoms with Gasteiger partial charge in [-0.05, 0) is 43.5 Å². The molecule has 3 heteroatoms. The van der Waals surface area contributed by atoms with Gasteiger partial charge in [-0.15, -0.1) is 0 Å². The van der Waals surface area contributed by atoms with Gasteiger partial charge in [-0.1, -0.05) is 39.0 Å². The van der Waals surface area contributed by atoms with E-state index in [1.807, 2.05) is 6.08 Å². The molecule has 0 unspecified atom stereocenters. The lowest BCUT2D eigenvalue weighted by Crippen LogP contribution is -2.40. The van der Waals surface area contributed by atoms with E-state index in [0.717, 1.165) is 32.2 Å². The Balaban J connectivity index is 3.72. The number of allylic oxidation sites excluding steroid dienone is 3. The van der Waals surface area contributed by atoms with Gasteiger partial charge in [0.1, 0.15) is 6.29 Å². The molecule has 0 aromatic rings. The van der Waals surface area contributed by atoms with Gasteiger partial charge in [-0.25, -0.2) is 0 Å². The molecule has 0 fully saturated rings. The predicted octanol–water partition coefficient (Wildman–Crippen LogP) is 4.49. The van der Waals surface area contributed by atoms with Crippen LogP contribution in [0.15, 0.2) is 24.3 Å². The molecule has 0 amide bonds. The van der Waals surface area contributed by atoms with Crippen molar-refractivity contribution < 1.29 is 9.22 Å². The van der Waals surface area contributed by atoms with Crippen molar-refractivity contribution in [2.75, 3.05) is 6.61 Å². The molecule has 2 nitrogen and oxygen atoms in total. The highest BCUT2D eigenvalue weighted by Crippen LogP contribution is 2.36. The number of aldehydes is 1. The van der Waals surface area contributed by atoms with E-state index in [0.29, 0.717) is 0 Å². The van der Waals surface area contributed by atoms with Crippen molar-refractivity contribution in [1.82, 2.24) is 0 Å². The second kappa shape index (κ2) is 8.43. The smallest absolute Gasteiger partial charge is 0.192 e. The molecule has 18 heavy (non-hydrogen) atoms. The highest BCUT2D eigenvalue weighted by atomic mass is 28.4. The van der Waals surface area contributed by atoms with Crippen LogP contribution < -0.4 is 0 Å². The maximum absolute atomic E-state index is 10.0. The lowest BCUT2D eigenvalue weighted by atomic mass is 10.2. The van der Waals surface area contributed by atoms with Gasteiger partial charge < -0.3 is 4.43 Å². The average Bonchev–Trinajstić information content (AvgIpc) is 2.25. The van der Waals surface area contributed by atoms with Crippen molar-refractivity contribution in [3.63, 3.8) is 0 Å². The molecule has 0 aliphatic heterocycles. The van der Waals surface area contributed by atoms with Gasteiger partial charge in [0, 0.05) is 0 Å². The number of carbonyl (C=O) groups is 1. The summed E-state index contributed by atoms with van der Waals surface area (Å²) in [7, 11) is -1.59. The minimum Gasteiger partial charge on any atom is -0.413 e. The molecule has 0 bridgehead atoms. The molecular weight excluding hydrogens is 240 g/mol. The zero-order chi connectivity index (χ0) is 14.1. The van der Waals surface area contributed by atoms with Crippen LogP contribution in [-0.2, 0) is 9.22 Å². The van der Waals surface area contributed by atoms with Crippen LogP contribution in [0.1, 0.15) is 40.0 Å². The topological polar surface area (TPSA) is 26.3 Å². The summed E-state index contributed by atoms with van der Waals surface area (Å²) in [6.45, 7) is 12.0. The Hall–Kier alpha value is -0.673. The monoisotopic (exact) mass is 268 g/mol. The quantitative estimate of drug-likeness (QED) is 0.213. The largest absolute Gasteiger partial charge is 0.413 e. The average molecular weight is 268 g/mol. The third kappa shape index (κ3) is 7.61. The van der Waals surface area contributed by atoms with Crippen LogP contribution >= 0.6 is 0 Å². The Labute approximate surface area is 113 Å². The summed E-state index contributed by atoms with van der Waals surface area (Å²) < 4.78 is 6.03. The molecule has 0 aliphatic carbocycles. The van der Waals surface area contributed by atoms with E-state index in [1.165, 1.54) is 0 Å². The standard InChI is InChI=1S/C15H28O2Si/c1-15(2,3)18(4,5)17-14-12-10-8-6-7-9-11-13-16/h9-13H,6-8,14H2,1-5H3/b11-9+,12-10-. The van der Waals surface area contributed by atoms with Crippen LogP contribution in [0.2, 0.25) is 18.1 Å². The number of hydrogen-bond donors (Lipinski definition) is 0. The first-order valence-corrected chi connectivity index (χ1v) is 9.61. The van der Waals surface area contributed by atoms with Crippen molar-refractivity contribution in [3.05, 3.63) is 24.3 Å². The first-order chi connectivity index (χ1) is 8.31. The molecule has 0 saturated heterocycles. The maximum atomic E-state index is 10.0. The second-order valence-corrected chi connectivity index (χ2v) is 10.8. The Bertz CT molecular complexity index is 285. The Morgan fingerprint density at radius 2 is 1.67 bits per heavy atom. The number of carbonyl (C=O) groups excluding carboxylic acids is 1. The van der Waals surface area contributed by atoms with Gasteiger partial charge in [-0.3, -0.25) is 4.79 Å². The third-order valence-electron chi connectivity index (χ3n) is 3.47. The SMILES string of the molecule is CC(C)(C)[Si](C)(C)OC/C=C\CCC/C=C/C=O. The van der Waals surface area contributed by atoms with Gasteiger partial charge in [-0.2, -0.15) is 0 Å². The van der Waals surface area contributed by atoms with E-state index in [1.54, 1.807) is 6.08 Å². The molecule has 104 valence electrons. The van der Waals surface area contributed by atoms with Crippen LogP contribution in [0.5, 0.6) is 0 Å². The van der Waals surface area contributed by atoms with E-state index < -0.39 is 8.32 Å². The van der Waals surface area contributed by atoms with Crippen LogP contribution in [0.4, 0.5) is 0 Å². The molecule has 0 heterocycles. The van der Waals surface area contributed by atoms with Crippen molar-refractivity contribution >= 4 is 14.6 Å². The molecule has 0 rings (SSSR count). The fourth-order valence-electron chi connectivity index (χ4n) is 1.16. The van der Waals surface area contributed by atoms with Crippen LogP contribution in [-0.4, -0.2) is 21.2 Å². The van der Waals surface area contributed by atoms with Crippen molar-refractivity contribution in [2.45, 2.75) is 58.2 Å². The Morgan fingerprint density at radius 3 is 2.22 bits per heavy atom.